The first-order chi connectivity index (χ1) is 10.7. The molecule has 1 saturated heterocycles. The van der Waals surface area contributed by atoms with Crippen molar-refractivity contribution in [3.05, 3.63) is 35.6 Å². The normalized spacial score (nSPS) is 15.0. The van der Waals surface area contributed by atoms with Gasteiger partial charge in [0.05, 0.1) is 16.1 Å². The Morgan fingerprint density at radius 1 is 1.41 bits per heavy atom. The summed E-state index contributed by atoms with van der Waals surface area (Å²) in [6.07, 6.45) is 1.66. The number of thiazole rings is 2. The Bertz CT molecular complexity index is 827. The van der Waals surface area contributed by atoms with E-state index in [0.717, 1.165) is 15.3 Å². The Kier molecular flexibility index (Phi) is 3.27. The first-order valence-corrected chi connectivity index (χ1v) is 8.40. The molecular weight excluding hydrogens is 323 g/mol. The van der Waals surface area contributed by atoms with Crippen LogP contribution in [0.25, 0.3) is 10.2 Å². The van der Waals surface area contributed by atoms with E-state index in [2.05, 4.69) is 15.3 Å². The molecule has 4 rings (SSSR count). The van der Waals surface area contributed by atoms with Crippen LogP contribution in [0.15, 0.2) is 29.8 Å². The summed E-state index contributed by atoms with van der Waals surface area (Å²) in [7, 11) is 0. The lowest BCUT2D eigenvalue weighted by Crippen LogP contribution is -2.52. The van der Waals surface area contributed by atoms with Gasteiger partial charge in [-0.1, -0.05) is 11.3 Å². The monoisotopic (exact) mass is 334 g/mol. The van der Waals surface area contributed by atoms with Crippen LogP contribution < -0.4 is 10.2 Å². The van der Waals surface area contributed by atoms with Gasteiger partial charge in [0.1, 0.15) is 5.82 Å². The number of halogens is 1. The van der Waals surface area contributed by atoms with Gasteiger partial charge >= 0.3 is 0 Å². The third-order valence-corrected chi connectivity index (χ3v) is 5.29. The molecule has 1 N–H and O–H groups in total. The van der Waals surface area contributed by atoms with Crippen molar-refractivity contribution in [2.75, 3.05) is 23.3 Å². The van der Waals surface area contributed by atoms with E-state index in [9.17, 15) is 9.18 Å². The summed E-state index contributed by atoms with van der Waals surface area (Å²) in [5, 5.41) is 6.08. The number of amides is 1. The number of nitrogens with zero attached hydrogens (tertiary/aromatic N) is 3. The van der Waals surface area contributed by atoms with Crippen molar-refractivity contribution in [1.29, 1.82) is 0 Å². The summed E-state index contributed by atoms with van der Waals surface area (Å²) in [4.78, 5) is 22.6. The van der Waals surface area contributed by atoms with Crippen LogP contribution in [0.1, 0.15) is 0 Å². The summed E-state index contributed by atoms with van der Waals surface area (Å²) < 4.78 is 14.0. The summed E-state index contributed by atoms with van der Waals surface area (Å²) in [5.74, 6) is -0.335. The van der Waals surface area contributed by atoms with Crippen molar-refractivity contribution in [1.82, 2.24) is 9.97 Å². The summed E-state index contributed by atoms with van der Waals surface area (Å²) in [5.41, 5.74) is 0.789. The highest BCUT2D eigenvalue weighted by Gasteiger charge is 2.34. The third-order valence-electron chi connectivity index (χ3n) is 3.52. The molecule has 0 spiro atoms. The number of fused-ring (bicyclic) bond motifs is 1. The fourth-order valence-corrected chi connectivity index (χ4v) is 3.86. The van der Waals surface area contributed by atoms with Crippen LogP contribution in [-0.2, 0) is 4.79 Å². The molecule has 0 atom stereocenters. The number of rotatable bonds is 3. The smallest absolute Gasteiger partial charge is 0.232 e. The molecule has 5 nitrogen and oxygen atoms in total. The molecule has 1 fully saturated rings. The Morgan fingerprint density at radius 2 is 2.27 bits per heavy atom. The molecule has 1 aliphatic rings. The van der Waals surface area contributed by atoms with Crippen molar-refractivity contribution in [2.45, 2.75) is 0 Å². The molecule has 3 aromatic rings. The maximum absolute atomic E-state index is 13.2. The summed E-state index contributed by atoms with van der Waals surface area (Å²) in [6.45, 7) is 1.25. The molecule has 1 aliphatic heterocycles. The highest BCUT2D eigenvalue weighted by Crippen LogP contribution is 2.33. The molecule has 112 valence electrons. The zero-order chi connectivity index (χ0) is 15.1. The quantitative estimate of drug-likeness (QED) is 0.800. The number of carbonyl (C=O) groups excluding carboxylic acids is 1. The minimum absolute atomic E-state index is 0.0154. The second kappa shape index (κ2) is 5.29. The number of carbonyl (C=O) groups is 1. The highest BCUT2D eigenvalue weighted by atomic mass is 32.1. The average Bonchev–Trinajstić information content (AvgIpc) is 3.05. The molecule has 0 bridgehead atoms. The molecule has 3 heterocycles. The van der Waals surface area contributed by atoms with E-state index in [4.69, 9.17) is 0 Å². The Labute approximate surface area is 133 Å². The predicted molar refractivity (Wildman–Crippen MR) is 86.0 cm³/mol. The molecule has 22 heavy (non-hydrogen) atoms. The van der Waals surface area contributed by atoms with Crippen LogP contribution in [0.2, 0.25) is 0 Å². The van der Waals surface area contributed by atoms with Crippen molar-refractivity contribution in [3.63, 3.8) is 0 Å². The second-order valence-corrected chi connectivity index (χ2v) is 6.94. The van der Waals surface area contributed by atoms with Gasteiger partial charge in [0.2, 0.25) is 5.91 Å². The first-order valence-electron chi connectivity index (χ1n) is 6.70. The lowest BCUT2D eigenvalue weighted by molar-refractivity contribution is -0.120. The van der Waals surface area contributed by atoms with Crippen LogP contribution in [0.3, 0.4) is 0 Å². The van der Waals surface area contributed by atoms with Gasteiger partial charge in [0.25, 0.3) is 0 Å². The summed E-state index contributed by atoms with van der Waals surface area (Å²) >= 11 is 2.85. The SMILES string of the molecule is O=C(Nc1nccs1)C1CN(c2nc3ccc(F)cc3s2)C1. The molecule has 0 unspecified atom stereocenters. The molecule has 0 aliphatic carbocycles. The predicted octanol–water partition coefficient (Wildman–Crippen LogP) is 2.97. The third kappa shape index (κ3) is 2.44. The van der Waals surface area contributed by atoms with Gasteiger partial charge in [-0.15, -0.1) is 11.3 Å². The van der Waals surface area contributed by atoms with Gasteiger partial charge < -0.3 is 10.2 Å². The van der Waals surface area contributed by atoms with Gasteiger partial charge in [0, 0.05) is 24.7 Å². The van der Waals surface area contributed by atoms with Crippen molar-refractivity contribution in [2.24, 2.45) is 5.92 Å². The van der Waals surface area contributed by atoms with E-state index >= 15 is 0 Å². The molecular formula is C14H11FN4OS2. The van der Waals surface area contributed by atoms with Crippen LogP contribution >= 0.6 is 22.7 Å². The minimum Gasteiger partial charge on any atom is -0.346 e. The van der Waals surface area contributed by atoms with E-state index in [1.807, 2.05) is 10.3 Å². The molecule has 0 radical (unpaired) electrons. The van der Waals surface area contributed by atoms with E-state index in [-0.39, 0.29) is 17.6 Å². The van der Waals surface area contributed by atoms with E-state index in [1.165, 1.54) is 34.8 Å². The van der Waals surface area contributed by atoms with Crippen molar-refractivity contribution in [3.8, 4) is 0 Å². The summed E-state index contributed by atoms with van der Waals surface area (Å²) in [6, 6.07) is 4.58. The number of hydrogen-bond acceptors (Lipinski definition) is 6. The molecule has 1 amide bonds. The van der Waals surface area contributed by atoms with Crippen LogP contribution in [0.4, 0.5) is 14.7 Å². The van der Waals surface area contributed by atoms with E-state index in [0.29, 0.717) is 18.2 Å². The van der Waals surface area contributed by atoms with Crippen molar-refractivity contribution < 1.29 is 9.18 Å². The number of benzene rings is 1. The largest absolute Gasteiger partial charge is 0.346 e. The lowest BCUT2D eigenvalue weighted by Gasteiger charge is -2.37. The fourth-order valence-electron chi connectivity index (χ4n) is 2.31. The second-order valence-electron chi connectivity index (χ2n) is 5.04. The van der Waals surface area contributed by atoms with E-state index < -0.39 is 0 Å². The van der Waals surface area contributed by atoms with Gasteiger partial charge in [-0.3, -0.25) is 4.79 Å². The molecule has 0 saturated carbocycles. The number of nitrogens with one attached hydrogen (secondary N) is 1. The number of anilines is 2. The van der Waals surface area contributed by atoms with Gasteiger partial charge in [-0.05, 0) is 18.2 Å². The molecule has 2 aromatic heterocycles. The van der Waals surface area contributed by atoms with Gasteiger partial charge in [0.15, 0.2) is 10.3 Å². The van der Waals surface area contributed by atoms with Crippen LogP contribution in [-0.4, -0.2) is 29.0 Å². The maximum Gasteiger partial charge on any atom is 0.232 e. The Hall–Kier alpha value is -2.06. The lowest BCUT2D eigenvalue weighted by atomic mass is 10.0. The van der Waals surface area contributed by atoms with Crippen LogP contribution in [0, 0.1) is 11.7 Å². The zero-order valence-corrected chi connectivity index (χ0v) is 13.0. The first kappa shape index (κ1) is 13.6. The number of hydrogen-bond donors (Lipinski definition) is 1. The van der Waals surface area contributed by atoms with Crippen LogP contribution in [0.5, 0.6) is 0 Å². The molecule has 8 heteroatoms. The van der Waals surface area contributed by atoms with Gasteiger partial charge in [-0.2, -0.15) is 0 Å². The minimum atomic E-state index is -0.257. The topological polar surface area (TPSA) is 58.1 Å². The average molecular weight is 334 g/mol. The zero-order valence-electron chi connectivity index (χ0n) is 11.3. The maximum atomic E-state index is 13.2. The van der Waals surface area contributed by atoms with Crippen molar-refractivity contribution >= 4 is 49.1 Å². The Morgan fingerprint density at radius 3 is 3.05 bits per heavy atom. The Balaban J connectivity index is 1.42. The molecule has 1 aromatic carbocycles. The van der Waals surface area contributed by atoms with E-state index in [1.54, 1.807) is 12.3 Å². The van der Waals surface area contributed by atoms with Gasteiger partial charge in [-0.25, -0.2) is 14.4 Å². The highest BCUT2D eigenvalue weighted by molar-refractivity contribution is 7.22. The fraction of sp³-hybridized carbons (Fsp3) is 0.214. The number of aromatic nitrogens is 2. The standard InChI is InChI=1S/C14H11FN4OS2/c15-9-1-2-10-11(5-9)22-14(17-10)19-6-8(7-19)12(20)18-13-16-3-4-21-13/h1-5,8H,6-7H2,(H,16,18,20).